The molecule has 1 rings (SSSR count). The van der Waals surface area contributed by atoms with E-state index in [0.717, 1.165) is 17.2 Å². The van der Waals surface area contributed by atoms with Gasteiger partial charge in [-0.05, 0) is 19.1 Å². The van der Waals surface area contributed by atoms with Gasteiger partial charge in [0.25, 0.3) is 0 Å². The van der Waals surface area contributed by atoms with Crippen molar-refractivity contribution >= 4 is 17.2 Å². The first-order chi connectivity index (χ1) is 5.29. The van der Waals surface area contributed by atoms with Crippen LogP contribution in [0.2, 0.25) is 0 Å². The molecule has 0 saturated heterocycles. The van der Waals surface area contributed by atoms with Crippen molar-refractivity contribution in [2.24, 2.45) is 0 Å². The van der Waals surface area contributed by atoms with Crippen LogP contribution in [0.3, 0.4) is 0 Å². The molecule has 0 aliphatic carbocycles. The topological polar surface area (TPSA) is 24.9 Å². The second-order valence-electron chi connectivity index (χ2n) is 2.23. The lowest BCUT2D eigenvalue weighted by Gasteiger charge is -2.01. The van der Waals surface area contributed by atoms with E-state index in [9.17, 15) is 0 Å². The summed E-state index contributed by atoms with van der Waals surface area (Å²) >= 11 is 4.86. The van der Waals surface area contributed by atoms with Crippen LogP contribution in [0.5, 0.6) is 0 Å². The molecule has 2 nitrogen and oxygen atoms in total. The third-order valence-corrected chi connectivity index (χ3v) is 1.39. The molecule has 0 bridgehead atoms. The normalized spacial score (nSPS) is 9.18. The summed E-state index contributed by atoms with van der Waals surface area (Å²) in [6, 6.07) is 5.82. The predicted molar refractivity (Wildman–Crippen MR) is 49.3 cm³/mol. The molecule has 0 atom stereocenters. The van der Waals surface area contributed by atoms with E-state index < -0.39 is 0 Å². The van der Waals surface area contributed by atoms with Crippen LogP contribution in [-0.2, 0) is 6.54 Å². The van der Waals surface area contributed by atoms with Gasteiger partial charge in [0.2, 0.25) is 0 Å². The van der Waals surface area contributed by atoms with Crippen LogP contribution < -0.4 is 5.32 Å². The first-order valence-electron chi connectivity index (χ1n) is 3.43. The van der Waals surface area contributed by atoms with Crippen LogP contribution in [0.1, 0.15) is 12.6 Å². The highest BCUT2D eigenvalue weighted by atomic mass is 32.1. The number of aromatic nitrogens is 1. The number of rotatable bonds is 2. The predicted octanol–water partition coefficient (Wildman–Crippen LogP) is 1.52. The van der Waals surface area contributed by atoms with Crippen LogP contribution >= 0.6 is 12.2 Å². The number of nitrogens with one attached hydrogen (secondary N) is 1. The fraction of sp³-hybridized carbons (Fsp3) is 0.250. The van der Waals surface area contributed by atoms with Gasteiger partial charge in [0.05, 0.1) is 17.2 Å². The molecule has 0 aliphatic rings. The van der Waals surface area contributed by atoms with Gasteiger partial charge < -0.3 is 5.32 Å². The van der Waals surface area contributed by atoms with Gasteiger partial charge in [0.15, 0.2) is 0 Å². The molecule has 0 saturated carbocycles. The first kappa shape index (κ1) is 8.14. The Hall–Kier alpha value is -0.960. The lowest BCUT2D eigenvalue weighted by Crippen LogP contribution is -2.17. The Morgan fingerprint density at radius 2 is 2.45 bits per heavy atom. The summed E-state index contributed by atoms with van der Waals surface area (Å²) in [6.45, 7) is 2.58. The van der Waals surface area contributed by atoms with E-state index in [1.807, 2.05) is 25.1 Å². The minimum Gasteiger partial charge on any atom is -0.374 e. The molecule has 0 radical (unpaired) electrons. The van der Waals surface area contributed by atoms with E-state index in [1.165, 1.54) is 0 Å². The van der Waals surface area contributed by atoms with Crippen LogP contribution in [0, 0.1) is 0 Å². The molecule has 0 unspecified atom stereocenters. The lowest BCUT2D eigenvalue weighted by molar-refractivity contribution is 0.881. The van der Waals surface area contributed by atoms with E-state index >= 15 is 0 Å². The second kappa shape index (κ2) is 4.03. The number of pyridine rings is 1. The smallest absolute Gasteiger partial charge is 0.0725 e. The summed E-state index contributed by atoms with van der Waals surface area (Å²) in [5, 5.41) is 3.03. The maximum Gasteiger partial charge on any atom is 0.0725 e. The fourth-order valence-electron chi connectivity index (χ4n) is 0.718. The zero-order valence-electron chi connectivity index (χ0n) is 6.37. The number of thiocarbonyl (C=S) groups is 1. The minimum atomic E-state index is 0.718. The average Bonchev–Trinajstić information content (AvgIpc) is 2.03. The monoisotopic (exact) mass is 166 g/mol. The molecule has 58 valence electrons. The Morgan fingerprint density at radius 3 is 3.00 bits per heavy atom. The van der Waals surface area contributed by atoms with Crippen LogP contribution in [-0.4, -0.2) is 9.97 Å². The number of hydrogen-bond donors (Lipinski definition) is 1. The maximum absolute atomic E-state index is 4.86. The van der Waals surface area contributed by atoms with Gasteiger partial charge >= 0.3 is 0 Å². The Labute approximate surface area is 71.7 Å². The SMILES string of the molecule is CC(=S)NCc1ccccn1. The van der Waals surface area contributed by atoms with Gasteiger partial charge in [-0.15, -0.1) is 0 Å². The molecular weight excluding hydrogens is 156 g/mol. The molecule has 1 aromatic heterocycles. The van der Waals surface area contributed by atoms with Crippen molar-refractivity contribution in [1.29, 1.82) is 0 Å². The number of hydrogen-bond acceptors (Lipinski definition) is 2. The van der Waals surface area contributed by atoms with Crippen molar-refractivity contribution in [2.45, 2.75) is 13.5 Å². The molecule has 0 amide bonds. The third-order valence-electron chi connectivity index (χ3n) is 1.24. The van der Waals surface area contributed by atoms with E-state index in [2.05, 4.69) is 10.3 Å². The van der Waals surface area contributed by atoms with E-state index in [4.69, 9.17) is 12.2 Å². The fourth-order valence-corrected chi connectivity index (χ4v) is 0.790. The van der Waals surface area contributed by atoms with Crippen molar-refractivity contribution < 1.29 is 0 Å². The van der Waals surface area contributed by atoms with E-state index in [-0.39, 0.29) is 0 Å². The summed E-state index contributed by atoms with van der Waals surface area (Å²) in [7, 11) is 0. The van der Waals surface area contributed by atoms with Crippen LogP contribution in [0.25, 0.3) is 0 Å². The summed E-state index contributed by atoms with van der Waals surface area (Å²) in [6.07, 6.45) is 1.77. The van der Waals surface area contributed by atoms with E-state index in [0.29, 0.717) is 0 Å². The largest absolute Gasteiger partial charge is 0.374 e. The van der Waals surface area contributed by atoms with E-state index in [1.54, 1.807) is 6.20 Å². The minimum absolute atomic E-state index is 0.718. The van der Waals surface area contributed by atoms with Crippen molar-refractivity contribution in [3.63, 3.8) is 0 Å². The molecule has 0 aliphatic heterocycles. The molecular formula is C8H10N2S. The van der Waals surface area contributed by atoms with Crippen molar-refractivity contribution in [2.75, 3.05) is 0 Å². The summed E-state index contributed by atoms with van der Waals surface area (Å²) < 4.78 is 0. The average molecular weight is 166 g/mol. The standard InChI is InChI=1S/C8H10N2S/c1-7(11)10-6-8-4-2-3-5-9-8/h2-5H,6H2,1H3,(H,10,11). The van der Waals surface area contributed by atoms with Gasteiger partial charge in [0.1, 0.15) is 0 Å². The van der Waals surface area contributed by atoms with Crippen molar-refractivity contribution in [3.8, 4) is 0 Å². The molecule has 0 spiro atoms. The van der Waals surface area contributed by atoms with Gasteiger partial charge in [-0.1, -0.05) is 18.3 Å². The Kier molecular flexibility index (Phi) is 2.98. The molecule has 0 fully saturated rings. The van der Waals surface area contributed by atoms with Crippen molar-refractivity contribution in [1.82, 2.24) is 10.3 Å². The quantitative estimate of drug-likeness (QED) is 0.674. The molecule has 1 heterocycles. The third kappa shape index (κ3) is 3.09. The zero-order valence-corrected chi connectivity index (χ0v) is 7.19. The Balaban J connectivity index is 2.45. The van der Waals surface area contributed by atoms with Gasteiger partial charge in [0, 0.05) is 6.20 Å². The first-order valence-corrected chi connectivity index (χ1v) is 3.84. The van der Waals surface area contributed by atoms with Crippen molar-refractivity contribution in [3.05, 3.63) is 30.1 Å². The van der Waals surface area contributed by atoms with Crippen LogP contribution in [0.15, 0.2) is 24.4 Å². The highest BCUT2D eigenvalue weighted by molar-refractivity contribution is 7.80. The van der Waals surface area contributed by atoms with Gasteiger partial charge in [-0.3, -0.25) is 4.98 Å². The summed E-state index contributed by atoms with van der Waals surface area (Å²) in [5.74, 6) is 0. The molecule has 11 heavy (non-hydrogen) atoms. The maximum atomic E-state index is 4.86. The molecule has 0 aromatic carbocycles. The second-order valence-corrected chi connectivity index (χ2v) is 2.84. The van der Waals surface area contributed by atoms with Gasteiger partial charge in [-0.25, -0.2) is 0 Å². The van der Waals surface area contributed by atoms with Gasteiger partial charge in [-0.2, -0.15) is 0 Å². The highest BCUT2D eigenvalue weighted by Crippen LogP contribution is 1.91. The molecule has 1 aromatic rings. The highest BCUT2D eigenvalue weighted by Gasteiger charge is 1.90. The van der Waals surface area contributed by atoms with Crippen LogP contribution in [0.4, 0.5) is 0 Å². The lowest BCUT2D eigenvalue weighted by atomic mass is 10.3. The zero-order chi connectivity index (χ0) is 8.10. The Bertz CT molecular complexity index is 233. The molecule has 3 heteroatoms. The summed E-state index contributed by atoms with van der Waals surface area (Å²) in [5.41, 5.74) is 1.01. The molecule has 1 N–H and O–H groups in total. The Morgan fingerprint density at radius 1 is 1.64 bits per heavy atom. The number of nitrogens with zero attached hydrogens (tertiary/aromatic N) is 1. The summed E-state index contributed by atoms with van der Waals surface area (Å²) in [4.78, 5) is 4.93.